The highest BCUT2D eigenvalue weighted by Gasteiger charge is 2.30. The van der Waals surface area contributed by atoms with Crippen molar-refractivity contribution in [2.45, 2.75) is 27.2 Å². The first-order valence-corrected chi connectivity index (χ1v) is 7.41. The second-order valence-electron chi connectivity index (χ2n) is 5.86. The summed E-state index contributed by atoms with van der Waals surface area (Å²) in [6, 6.07) is 4.87. The number of rotatable bonds is 8. The third-order valence-corrected chi connectivity index (χ3v) is 4.40. The van der Waals surface area contributed by atoms with Crippen molar-refractivity contribution in [1.29, 1.82) is 0 Å². The van der Waals surface area contributed by atoms with Gasteiger partial charge in [-0.25, -0.2) is 4.39 Å². The summed E-state index contributed by atoms with van der Waals surface area (Å²) in [4.78, 5) is 0. The molecule has 1 N–H and O–H groups in total. The van der Waals surface area contributed by atoms with Gasteiger partial charge in [-0.1, -0.05) is 38.4 Å². The molecule has 0 spiro atoms. The first-order chi connectivity index (χ1) is 9.40. The van der Waals surface area contributed by atoms with Crippen LogP contribution in [0.3, 0.4) is 0 Å². The highest BCUT2D eigenvalue weighted by atomic mass is 35.5. The Balaban J connectivity index is 2.80. The predicted molar refractivity (Wildman–Crippen MR) is 82.8 cm³/mol. The molecule has 1 unspecified atom stereocenters. The van der Waals surface area contributed by atoms with E-state index >= 15 is 0 Å². The van der Waals surface area contributed by atoms with Crippen LogP contribution in [0.2, 0.25) is 5.02 Å². The third-order valence-electron chi connectivity index (χ3n) is 4.05. The van der Waals surface area contributed by atoms with Crippen LogP contribution >= 0.6 is 11.6 Å². The molecule has 0 aliphatic rings. The standard InChI is InChI=1S/C16H25ClFNO/c1-12(2)16(3,11-19-8-9-20-4)10-13-14(17)6-5-7-15(13)18/h5-7,12,19H,8-11H2,1-4H3. The first kappa shape index (κ1) is 17.4. The van der Waals surface area contributed by atoms with E-state index < -0.39 is 0 Å². The molecule has 1 rings (SSSR count). The summed E-state index contributed by atoms with van der Waals surface area (Å²) in [6.07, 6.45) is 0.621. The van der Waals surface area contributed by atoms with E-state index in [0.29, 0.717) is 29.5 Å². The molecule has 1 aromatic carbocycles. The maximum atomic E-state index is 14.0. The molecular formula is C16H25ClFNO. The molecule has 0 fully saturated rings. The molecule has 2 nitrogen and oxygen atoms in total. The van der Waals surface area contributed by atoms with E-state index in [-0.39, 0.29) is 11.2 Å². The van der Waals surface area contributed by atoms with E-state index in [1.807, 2.05) is 0 Å². The van der Waals surface area contributed by atoms with E-state index in [9.17, 15) is 4.39 Å². The van der Waals surface area contributed by atoms with Gasteiger partial charge in [-0.15, -0.1) is 0 Å². The average molecular weight is 302 g/mol. The first-order valence-electron chi connectivity index (χ1n) is 7.03. The maximum absolute atomic E-state index is 14.0. The van der Waals surface area contributed by atoms with E-state index in [2.05, 4.69) is 26.1 Å². The van der Waals surface area contributed by atoms with Gasteiger partial charge in [0, 0.05) is 30.8 Å². The highest BCUT2D eigenvalue weighted by Crippen LogP contribution is 2.34. The van der Waals surface area contributed by atoms with E-state index in [4.69, 9.17) is 16.3 Å². The molecule has 0 radical (unpaired) electrons. The van der Waals surface area contributed by atoms with E-state index in [1.54, 1.807) is 19.2 Å². The minimum atomic E-state index is -0.221. The van der Waals surface area contributed by atoms with Crippen LogP contribution in [-0.4, -0.2) is 26.8 Å². The van der Waals surface area contributed by atoms with Gasteiger partial charge < -0.3 is 10.1 Å². The van der Waals surface area contributed by atoms with Crippen molar-refractivity contribution in [2.75, 3.05) is 26.8 Å². The SMILES string of the molecule is COCCNCC(C)(Cc1c(F)cccc1Cl)C(C)C. The summed E-state index contributed by atoms with van der Waals surface area (Å²) in [5.74, 6) is 0.189. The molecule has 114 valence electrons. The van der Waals surface area contributed by atoms with Crippen LogP contribution in [0.15, 0.2) is 18.2 Å². The normalized spacial score (nSPS) is 14.6. The monoisotopic (exact) mass is 301 g/mol. The van der Waals surface area contributed by atoms with Gasteiger partial charge in [-0.2, -0.15) is 0 Å². The molecule has 0 heterocycles. The summed E-state index contributed by atoms with van der Waals surface area (Å²) >= 11 is 6.14. The summed E-state index contributed by atoms with van der Waals surface area (Å²) in [6.45, 7) is 8.76. The van der Waals surface area contributed by atoms with Crippen LogP contribution < -0.4 is 5.32 Å². The minimum absolute atomic E-state index is 0.0560. The highest BCUT2D eigenvalue weighted by molar-refractivity contribution is 6.31. The molecule has 0 bridgehead atoms. The number of hydrogen-bond acceptors (Lipinski definition) is 2. The molecule has 4 heteroatoms. The number of nitrogens with one attached hydrogen (secondary N) is 1. The van der Waals surface area contributed by atoms with Crippen LogP contribution in [0.1, 0.15) is 26.3 Å². The Hall–Kier alpha value is -0.640. The zero-order chi connectivity index (χ0) is 15.2. The second kappa shape index (κ2) is 7.96. The fourth-order valence-corrected chi connectivity index (χ4v) is 2.35. The Labute approximate surface area is 126 Å². The van der Waals surface area contributed by atoms with Crippen molar-refractivity contribution in [3.05, 3.63) is 34.6 Å². The Morgan fingerprint density at radius 2 is 2.10 bits per heavy atom. The van der Waals surface area contributed by atoms with Crippen LogP contribution in [0.25, 0.3) is 0 Å². The molecule has 0 aliphatic heterocycles. The summed E-state index contributed by atoms with van der Waals surface area (Å²) in [7, 11) is 1.68. The average Bonchev–Trinajstić information content (AvgIpc) is 2.39. The predicted octanol–water partition coefficient (Wildman–Crippen LogP) is 3.92. The van der Waals surface area contributed by atoms with Gasteiger partial charge in [-0.3, -0.25) is 0 Å². The number of ether oxygens (including phenoxy) is 1. The number of hydrogen-bond donors (Lipinski definition) is 1. The Bertz CT molecular complexity index is 405. The molecule has 0 aromatic heterocycles. The van der Waals surface area contributed by atoms with Crippen molar-refractivity contribution in [3.63, 3.8) is 0 Å². The van der Waals surface area contributed by atoms with Crippen molar-refractivity contribution in [3.8, 4) is 0 Å². The molecule has 0 saturated heterocycles. The zero-order valence-corrected chi connectivity index (χ0v) is 13.6. The Kier molecular flexibility index (Phi) is 6.93. The lowest BCUT2D eigenvalue weighted by atomic mass is 9.74. The maximum Gasteiger partial charge on any atom is 0.127 e. The molecule has 1 atom stereocenters. The number of halogens is 2. The lowest BCUT2D eigenvalue weighted by Crippen LogP contribution is -2.39. The van der Waals surface area contributed by atoms with Gasteiger partial charge >= 0.3 is 0 Å². The topological polar surface area (TPSA) is 21.3 Å². The zero-order valence-electron chi connectivity index (χ0n) is 12.8. The van der Waals surface area contributed by atoms with Crippen molar-refractivity contribution in [1.82, 2.24) is 5.32 Å². The van der Waals surface area contributed by atoms with Gasteiger partial charge in [0.15, 0.2) is 0 Å². The van der Waals surface area contributed by atoms with E-state index in [1.165, 1.54) is 6.07 Å². The summed E-state index contributed by atoms with van der Waals surface area (Å²) < 4.78 is 19.0. The molecule has 0 amide bonds. The Morgan fingerprint density at radius 1 is 1.40 bits per heavy atom. The number of methoxy groups -OCH3 is 1. The minimum Gasteiger partial charge on any atom is -0.383 e. The van der Waals surface area contributed by atoms with Crippen molar-refractivity contribution in [2.24, 2.45) is 11.3 Å². The molecule has 20 heavy (non-hydrogen) atoms. The molecule has 1 aromatic rings. The van der Waals surface area contributed by atoms with Gasteiger partial charge in [0.05, 0.1) is 6.61 Å². The van der Waals surface area contributed by atoms with Gasteiger partial charge in [0.1, 0.15) is 5.82 Å². The van der Waals surface area contributed by atoms with Gasteiger partial charge in [0.25, 0.3) is 0 Å². The van der Waals surface area contributed by atoms with Crippen molar-refractivity contribution >= 4 is 11.6 Å². The van der Waals surface area contributed by atoms with Crippen LogP contribution in [0.5, 0.6) is 0 Å². The van der Waals surface area contributed by atoms with Crippen molar-refractivity contribution < 1.29 is 9.13 Å². The second-order valence-corrected chi connectivity index (χ2v) is 6.26. The molecular weight excluding hydrogens is 277 g/mol. The quantitative estimate of drug-likeness (QED) is 0.735. The number of benzene rings is 1. The fourth-order valence-electron chi connectivity index (χ4n) is 2.12. The molecule has 0 saturated carbocycles. The smallest absolute Gasteiger partial charge is 0.127 e. The summed E-state index contributed by atoms with van der Waals surface area (Å²) in [5, 5.41) is 3.89. The van der Waals surface area contributed by atoms with Crippen LogP contribution in [0, 0.1) is 17.2 Å². The van der Waals surface area contributed by atoms with Gasteiger partial charge in [0.2, 0.25) is 0 Å². The van der Waals surface area contributed by atoms with Crippen LogP contribution in [-0.2, 0) is 11.2 Å². The molecule has 0 aliphatic carbocycles. The lowest BCUT2D eigenvalue weighted by Gasteiger charge is -2.35. The fraction of sp³-hybridized carbons (Fsp3) is 0.625. The Morgan fingerprint density at radius 3 is 2.65 bits per heavy atom. The van der Waals surface area contributed by atoms with E-state index in [0.717, 1.165) is 13.1 Å². The van der Waals surface area contributed by atoms with Crippen LogP contribution in [0.4, 0.5) is 4.39 Å². The van der Waals surface area contributed by atoms with Gasteiger partial charge in [-0.05, 0) is 29.9 Å². The lowest BCUT2D eigenvalue weighted by molar-refractivity contribution is 0.174. The largest absolute Gasteiger partial charge is 0.383 e. The summed E-state index contributed by atoms with van der Waals surface area (Å²) in [5.41, 5.74) is 0.554. The third kappa shape index (κ3) is 4.72.